The Bertz CT molecular complexity index is 881. The summed E-state index contributed by atoms with van der Waals surface area (Å²) in [4.78, 5) is 25.3. The lowest BCUT2D eigenvalue weighted by Gasteiger charge is -2.20. The molecule has 1 aromatic carbocycles. The molecule has 0 saturated heterocycles. The molecule has 0 spiro atoms. The van der Waals surface area contributed by atoms with Crippen LogP contribution in [0, 0.1) is 5.92 Å². The largest absolute Gasteiger partial charge is 0.369 e. The summed E-state index contributed by atoms with van der Waals surface area (Å²) in [5.41, 5.74) is 8.30. The number of carbonyl (C=O) groups is 1. The smallest absolute Gasteiger partial charge is 0.264 e. The van der Waals surface area contributed by atoms with Crippen molar-refractivity contribution in [2.24, 2.45) is 21.6 Å². The van der Waals surface area contributed by atoms with Gasteiger partial charge in [-0.2, -0.15) is 0 Å². The molecule has 0 radical (unpaired) electrons. The van der Waals surface area contributed by atoms with Crippen LogP contribution in [0.1, 0.15) is 30.6 Å². The molecule has 0 heterocycles. The van der Waals surface area contributed by atoms with E-state index in [1.54, 1.807) is 25.5 Å². The minimum Gasteiger partial charge on any atom is -0.369 e. The van der Waals surface area contributed by atoms with E-state index in [0.29, 0.717) is 12.3 Å². The average Bonchev–Trinajstić information content (AvgIpc) is 2.69. The van der Waals surface area contributed by atoms with Crippen LogP contribution in [0.5, 0.6) is 0 Å². The summed E-state index contributed by atoms with van der Waals surface area (Å²) in [6.45, 7) is 4.28. The molecular weight excluding hydrogens is 408 g/mol. The molecule has 10 nitrogen and oxygen atoms in total. The van der Waals surface area contributed by atoms with Gasteiger partial charge in [0.1, 0.15) is 0 Å². The van der Waals surface area contributed by atoms with Gasteiger partial charge in [0.15, 0.2) is 0 Å². The fourth-order valence-corrected chi connectivity index (χ4v) is 3.44. The third-order valence-electron chi connectivity index (χ3n) is 3.74. The van der Waals surface area contributed by atoms with E-state index in [-0.39, 0.29) is 29.1 Å². The van der Waals surface area contributed by atoms with Crippen molar-refractivity contribution in [3.05, 3.63) is 42.1 Å². The lowest BCUT2D eigenvalue weighted by Crippen LogP contribution is -2.40. The number of hydrogen-bond acceptors (Lipinski definition) is 7. The van der Waals surface area contributed by atoms with Crippen LogP contribution in [0.2, 0.25) is 0 Å². The summed E-state index contributed by atoms with van der Waals surface area (Å²) >= 11 is 0. The third-order valence-corrected chi connectivity index (χ3v) is 5.10. The van der Waals surface area contributed by atoms with Crippen molar-refractivity contribution in [3.8, 4) is 0 Å². The molecule has 5 N–H and O–H groups in total. The van der Waals surface area contributed by atoms with Gasteiger partial charge in [0.2, 0.25) is 5.96 Å². The second-order valence-corrected chi connectivity index (χ2v) is 8.42. The first-order chi connectivity index (χ1) is 14.2. The maximum Gasteiger partial charge on any atom is 0.264 e. The Morgan fingerprint density at radius 3 is 2.67 bits per heavy atom. The van der Waals surface area contributed by atoms with Gasteiger partial charge in [-0.15, -0.1) is 0 Å². The summed E-state index contributed by atoms with van der Waals surface area (Å²) in [5.74, 6) is -0.341. The van der Waals surface area contributed by atoms with E-state index in [9.17, 15) is 13.2 Å². The van der Waals surface area contributed by atoms with Crippen molar-refractivity contribution in [2.75, 3.05) is 20.7 Å². The Balaban J connectivity index is 2.86. The number of rotatable bonds is 11. The molecule has 1 atom stereocenters. The number of nitrogens with one attached hydrogen (secondary N) is 3. The van der Waals surface area contributed by atoms with E-state index in [1.165, 1.54) is 31.3 Å². The molecule has 11 heteroatoms. The number of nitrogens with zero attached hydrogens (tertiary/aromatic N) is 2. The SMILES string of the molecule is CN=CC=CNOC[C@@H](CC(C)C)NC(=O)c1cccc(S(=O)(=O)NC(N)=NC)c1. The van der Waals surface area contributed by atoms with Crippen LogP contribution < -0.4 is 21.3 Å². The Hall–Kier alpha value is -2.92. The Morgan fingerprint density at radius 2 is 2.03 bits per heavy atom. The number of aliphatic imine (C=N–C) groups is 2. The summed E-state index contributed by atoms with van der Waals surface area (Å²) in [6.07, 6.45) is 5.52. The highest BCUT2D eigenvalue weighted by molar-refractivity contribution is 7.90. The number of hydroxylamine groups is 1. The molecule has 30 heavy (non-hydrogen) atoms. The van der Waals surface area contributed by atoms with Crippen LogP contribution in [0.3, 0.4) is 0 Å². The molecule has 1 amide bonds. The summed E-state index contributed by atoms with van der Waals surface area (Å²) in [6, 6.07) is 5.38. The molecular formula is C19H30N6O4S. The summed E-state index contributed by atoms with van der Waals surface area (Å²) in [7, 11) is -0.923. The second kappa shape index (κ2) is 12.6. The van der Waals surface area contributed by atoms with Gasteiger partial charge >= 0.3 is 0 Å². The van der Waals surface area contributed by atoms with Crippen molar-refractivity contribution in [2.45, 2.75) is 31.2 Å². The highest BCUT2D eigenvalue weighted by Gasteiger charge is 2.19. The topological polar surface area (TPSA) is 147 Å². The molecule has 1 aromatic rings. The lowest BCUT2D eigenvalue weighted by molar-refractivity contribution is 0.0469. The first kappa shape index (κ1) is 25.1. The Kier molecular flexibility index (Phi) is 10.6. The van der Waals surface area contributed by atoms with Gasteiger partial charge in [-0.25, -0.2) is 13.1 Å². The van der Waals surface area contributed by atoms with Gasteiger partial charge in [0, 0.05) is 32.1 Å². The van der Waals surface area contributed by atoms with Gasteiger partial charge in [0.05, 0.1) is 17.5 Å². The number of allylic oxidation sites excluding steroid dienone is 1. The summed E-state index contributed by atoms with van der Waals surface area (Å²) < 4.78 is 26.8. The van der Waals surface area contributed by atoms with E-state index in [2.05, 4.69) is 25.5 Å². The maximum absolute atomic E-state index is 12.7. The first-order valence-electron chi connectivity index (χ1n) is 9.30. The molecule has 1 rings (SSSR count). The van der Waals surface area contributed by atoms with Gasteiger partial charge in [-0.3, -0.25) is 25.1 Å². The number of carbonyl (C=O) groups excluding carboxylic acids is 1. The molecule has 166 valence electrons. The maximum atomic E-state index is 12.7. The van der Waals surface area contributed by atoms with Crippen LogP contribution in [-0.2, 0) is 14.9 Å². The second-order valence-electron chi connectivity index (χ2n) is 6.74. The number of amides is 1. The number of guanidine groups is 1. The number of benzene rings is 1. The standard InChI is InChI=1S/C19H30N6O4S/c1-14(2)11-16(13-29-23-10-6-9-21-3)24-18(26)15-7-5-8-17(12-15)30(27,28)25-19(20)22-4/h5-10,12,14,16,23H,11,13H2,1-4H3,(H,24,26)(H3,20,22,25)/t16-/m1/s1. The fourth-order valence-electron chi connectivity index (χ4n) is 2.42. The average molecular weight is 439 g/mol. The van der Waals surface area contributed by atoms with Gasteiger partial charge < -0.3 is 11.1 Å². The van der Waals surface area contributed by atoms with E-state index < -0.39 is 15.9 Å². The van der Waals surface area contributed by atoms with Crippen LogP contribution in [0.15, 0.2) is 51.4 Å². The fraction of sp³-hybridized carbons (Fsp3) is 0.421. The Labute approximate surface area is 177 Å². The molecule has 0 fully saturated rings. The van der Waals surface area contributed by atoms with Crippen LogP contribution in [-0.4, -0.2) is 53.2 Å². The summed E-state index contributed by atoms with van der Waals surface area (Å²) in [5, 5.41) is 2.88. The van der Waals surface area contributed by atoms with Crippen molar-refractivity contribution in [3.63, 3.8) is 0 Å². The highest BCUT2D eigenvalue weighted by Crippen LogP contribution is 2.13. The van der Waals surface area contributed by atoms with Crippen molar-refractivity contribution in [1.29, 1.82) is 0 Å². The molecule has 0 bridgehead atoms. The minimum absolute atomic E-state index is 0.0946. The monoisotopic (exact) mass is 438 g/mol. The van der Waals surface area contributed by atoms with Crippen LogP contribution in [0.25, 0.3) is 0 Å². The zero-order valence-corrected chi connectivity index (χ0v) is 18.4. The van der Waals surface area contributed by atoms with Crippen molar-refractivity contribution in [1.82, 2.24) is 15.5 Å². The quantitative estimate of drug-likeness (QED) is 0.174. The van der Waals surface area contributed by atoms with Gasteiger partial charge in [0.25, 0.3) is 15.9 Å². The third kappa shape index (κ3) is 9.05. The molecule has 0 aromatic heterocycles. The first-order valence-corrected chi connectivity index (χ1v) is 10.8. The molecule has 0 aliphatic rings. The lowest BCUT2D eigenvalue weighted by atomic mass is 10.0. The molecule has 0 aliphatic carbocycles. The molecule has 0 aliphatic heterocycles. The van der Waals surface area contributed by atoms with E-state index in [1.807, 2.05) is 13.8 Å². The van der Waals surface area contributed by atoms with E-state index in [4.69, 9.17) is 10.6 Å². The number of hydrogen-bond donors (Lipinski definition) is 4. The normalized spacial score (nSPS) is 13.7. The predicted molar refractivity (Wildman–Crippen MR) is 118 cm³/mol. The number of nitrogens with two attached hydrogens (primary N) is 1. The number of sulfonamides is 1. The van der Waals surface area contributed by atoms with Crippen LogP contribution in [0.4, 0.5) is 0 Å². The Morgan fingerprint density at radius 1 is 1.30 bits per heavy atom. The zero-order chi connectivity index (χ0) is 22.6. The molecule has 0 unspecified atom stereocenters. The van der Waals surface area contributed by atoms with Gasteiger partial charge in [-0.1, -0.05) is 19.9 Å². The van der Waals surface area contributed by atoms with E-state index in [0.717, 1.165) is 0 Å². The molecule has 0 saturated carbocycles. The minimum atomic E-state index is -3.94. The van der Waals surface area contributed by atoms with E-state index >= 15 is 0 Å². The van der Waals surface area contributed by atoms with Gasteiger partial charge in [-0.05, 0) is 36.6 Å². The van der Waals surface area contributed by atoms with Crippen molar-refractivity contribution < 1.29 is 18.0 Å². The zero-order valence-electron chi connectivity index (χ0n) is 17.6. The predicted octanol–water partition coefficient (Wildman–Crippen LogP) is 0.789. The van der Waals surface area contributed by atoms with Crippen LogP contribution >= 0.6 is 0 Å². The highest BCUT2D eigenvalue weighted by atomic mass is 32.2. The van der Waals surface area contributed by atoms with Crippen molar-refractivity contribution >= 4 is 28.1 Å².